The van der Waals surface area contributed by atoms with E-state index in [1.807, 2.05) is 0 Å². The summed E-state index contributed by atoms with van der Waals surface area (Å²) >= 11 is 0. The van der Waals surface area contributed by atoms with Gasteiger partial charge in [0.1, 0.15) is 6.04 Å². The van der Waals surface area contributed by atoms with Gasteiger partial charge in [0, 0.05) is 19.1 Å². The lowest BCUT2D eigenvalue weighted by atomic mass is 10.2. The molecular weight excluding hydrogens is 228 g/mol. The molecule has 1 atom stereocenters. The first kappa shape index (κ1) is 13.8. The van der Waals surface area contributed by atoms with Crippen LogP contribution < -0.4 is 5.32 Å². The summed E-state index contributed by atoms with van der Waals surface area (Å²) < 4.78 is 4.91. The highest BCUT2D eigenvalue weighted by atomic mass is 16.5. The lowest BCUT2D eigenvalue weighted by molar-refractivity contribution is -0.143. The van der Waals surface area contributed by atoms with Gasteiger partial charge in [-0.1, -0.05) is 6.92 Å². The Morgan fingerprint density at radius 2 is 2.11 bits per heavy atom. The summed E-state index contributed by atoms with van der Waals surface area (Å²) in [7, 11) is 1.48. The van der Waals surface area contributed by atoms with Gasteiger partial charge < -0.3 is 15.0 Å². The molecule has 0 aromatic rings. The third kappa shape index (κ3) is 4.58. The molecule has 18 heavy (non-hydrogen) atoms. The van der Waals surface area contributed by atoms with Crippen LogP contribution in [0.5, 0.6) is 0 Å². The summed E-state index contributed by atoms with van der Waals surface area (Å²) in [6.07, 6.45) is 6.26. The van der Waals surface area contributed by atoms with E-state index in [0.717, 1.165) is 32.0 Å². The minimum atomic E-state index is -0.146. The van der Waals surface area contributed by atoms with Gasteiger partial charge in [0.05, 0.1) is 7.11 Å². The molecule has 0 aromatic carbocycles. The van der Waals surface area contributed by atoms with Crippen LogP contribution in [0.4, 0.5) is 0 Å². The van der Waals surface area contributed by atoms with Crippen molar-refractivity contribution >= 4 is 5.97 Å². The number of hydrogen-bond donors (Lipinski definition) is 1. The molecule has 1 unspecified atom stereocenters. The molecule has 0 spiro atoms. The lowest BCUT2D eigenvalue weighted by Crippen LogP contribution is -2.48. The number of hydrogen-bond acceptors (Lipinski definition) is 4. The molecule has 2 fully saturated rings. The molecule has 0 heterocycles. The van der Waals surface area contributed by atoms with Gasteiger partial charge in [-0.05, 0) is 44.6 Å². The Balaban J connectivity index is 1.83. The SMILES string of the molecule is CCCN(CC1CC1)CC(NC1CC1)C(=O)OC. The van der Waals surface area contributed by atoms with Crippen molar-refractivity contribution in [3.8, 4) is 0 Å². The second-order valence-electron chi connectivity index (χ2n) is 5.72. The van der Waals surface area contributed by atoms with Crippen LogP contribution in [0.3, 0.4) is 0 Å². The number of carbonyl (C=O) groups is 1. The zero-order valence-electron chi connectivity index (χ0n) is 11.7. The maximum Gasteiger partial charge on any atom is 0.324 e. The minimum Gasteiger partial charge on any atom is -0.468 e. The summed E-state index contributed by atoms with van der Waals surface area (Å²) in [5, 5.41) is 3.41. The van der Waals surface area contributed by atoms with Crippen LogP contribution in [0.15, 0.2) is 0 Å². The highest BCUT2D eigenvalue weighted by Gasteiger charge is 2.31. The summed E-state index contributed by atoms with van der Waals surface area (Å²) in [5.41, 5.74) is 0. The van der Waals surface area contributed by atoms with Crippen molar-refractivity contribution in [2.45, 2.75) is 51.1 Å². The van der Waals surface area contributed by atoms with Crippen LogP contribution in [0.25, 0.3) is 0 Å². The van der Waals surface area contributed by atoms with E-state index < -0.39 is 0 Å². The second-order valence-corrected chi connectivity index (χ2v) is 5.72. The zero-order valence-corrected chi connectivity index (χ0v) is 11.7. The van der Waals surface area contributed by atoms with E-state index >= 15 is 0 Å². The molecule has 0 bridgehead atoms. The van der Waals surface area contributed by atoms with E-state index in [1.165, 1.54) is 32.8 Å². The number of ether oxygens (including phenoxy) is 1. The molecule has 1 N–H and O–H groups in total. The average molecular weight is 254 g/mol. The fourth-order valence-electron chi connectivity index (χ4n) is 2.37. The molecule has 2 aliphatic carbocycles. The summed E-state index contributed by atoms with van der Waals surface area (Å²) in [4.78, 5) is 14.2. The Bertz CT molecular complexity index is 275. The highest BCUT2D eigenvalue weighted by Crippen LogP contribution is 2.30. The Labute approximate surface area is 110 Å². The normalized spacial score (nSPS) is 21.1. The zero-order chi connectivity index (χ0) is 13.0. The molecule has 0 radical (unpaired) electrons. The van der Waals surface area contributed by atoms with Gasteiger partial charge in [-0.2, -0.15) is 0 Å². The lowest BCUT2D eigenvalue weighted by Gasteiger charge is -2.26. The van der Waals surface area contributed by atoms with Crippen molar-refractivity contribution in [1.29, 1.82) is 0 Å². The van der Waals surface area contributed by atoms with Crippen LogP contribution in [0.1, 0.15) is 39.0 Å². The monoisotopic (exact) mass is 254 g/mol. The summed E-state index contributed by atoms with van der Waals surface area (Å²) in [6.45, 7) is 5.22. The Morgan fingerprint density at radius 3 is 2.61 bits per heavy atom. The third-order valence-corrected chi connectivity index (χ3v) is 3.69. The van der Waals surface area contributed by atoms with Gasteiger partial charge in [0.2, 0.25) is 0 Å². The van der Waals surface area contributed by atoms with Gasteiger partial charge >= 0.3 is 5.97 Å². The van der Waals surface area contributed by atoms with Crippen molar-refractivity contribution in [3.05, 3.63) is 0 Å². The number of nitrogens with one attached hydrogen (secondary N) is 1. The smallest absolute Gasteiger partial charge is 0.324 e. The first-order chi connectivity index (χ1) is 8.72. The van der Waals surface area contributed by atoms with Crippen LogP contribution in [-0.4, -0.2) is 49.7 Å². The third-order valence-electron chi connectivity index (χ3n) is 3.69. The highest BCUT2D eigenvalue weighted by molar-refractivity contribution is 5.76. The molecule has 0 aliphatic heterocycles. The summed E-state index contributed by atoms with van der Waals surface area (Å²) in [6, 6.07) is 0.395. The molecule has 2 aliphatic rings. The Morgan fingerprint density at radius 1 is 1.39 bits per heavy atom. The molecule has 4 nitrogen and oxygen atoms in total. The van der Waals surface area contributed by atoms with Crippen molar-refractivity contribution in [1.82, 2.24) is 10.2 Å². The summed E-state index contributed by atoms with van der Waals surface area (Å²) in [5.74, 6) is 0.759. The van der Waals surface area contributed by atoms with Gasteiger partial charge in [-0.25, -0.2) is 0 Å². The maximum atomic E-state index is 11.8. The van der Waals surface area contributed by atoms with Crippen LogP contribution >= 0.6 is 0 Å². The van der Waals surface area contributed by atoms with Crippen LogP contribution in [0, 0.1) is 5.92 Å². The quantitative estimate of drug-likeness (QED) is 0.632. The first-order valence-electron chi connectivity index (χ1n) is 7.29. The van der Waals surface area contributed by atoms with E-state index in [2.05, 4.69) is 17.1 Å². The number of nitrogens with zero attached hydrogens (tertiary/aromatic N) is 1. The number of rotatable bonds is 9. The number of esters is 1. The van der Waals surface area contributed by atoms with E-state index in [1.54, 1.807) is 0 Å². The van der Waals surface area contributed by atoms with E-state index in [-0.39, 0.29) is 12.0 Å². The molecule has 4 heteroatoms. The Hall–Kier alpha value is -0.610. The van der Waals surface area contributed by atoms with Crippen molar-refractivity contribution in [3.63, 3.8) is 0 Å². The second kappa shape index (κ2) is 6.53. The minimum absolute atomic E-state index is 0.112. The van der Waals surface area contributed by atoms with Gasteiger partial charge in [-0.15, -0.1) is 0 Å². The molecule has 2 saturated carbocycles. The van der Waals surface area contributed by atoms with Crippen LogP contribution in [0.2, 0.25) is 0 Å². The molecular formula is C14H26N2O2. The fraction of sp³-hybridized carbons (Fsp3) is 0.929. The number of carbonyl (C=O) groups excluding carboxylic acids is 1. The number of methoxy groups -OCH3 is 1. The predicted octanol–water partition coefficient (Wildman–Crippen LogP) is 1.40. The van der Waals surface area contributed by atoms with Crippen molar-refractivity contribution < 1.29 is 9.53 Å². The fourth-order valence-corrected chi connectivity index (χ4v) is 2.37. The molecule has 0 aromatic heterocycles. The molecule has 0 amide bonds. The molecule has 2 rings (SSSR count). The largest absolute Gasteiger partial charge is 0.468 e. The predicted molar refractivity (Wildman–Crippen MR) is 71.4 cm³/mol. The molecule has 0 saturated heterocycles. The van der Waals surface area contributed by atoms with Crippen LogP contribution in [-0.2, 0) is 9.53 Å². The Kier molecular flexibility index (Phi) is 5.01. The van der Waals surface area contributed by atoms with Crippen molar-refractivity contribution in [2.24, 2.45) is 5.92 Å². The van der Waals surface area contributed by atoms with E-state index in [9.17, 15) is 4.79 Å². The maximum absolute atomic E-state index is 11.8. The van der Waals surface area contributed by atoms with E-state index in [0.29, 0.717) is 6.04 Å². The van der Waals surface area contributed by atoms with Gasteiger partial charge in [-0.3, -0.25) is 4.79 Å². The average Bonchev–Trinajstić information content (AvgIpc) is 3.22. The molecule has 104 valence electrons. The first-order valence-corrected chi connectivity index (χ1v) is 7.29. The topological polar surface area (TPSA) is 41.6 Å². The van der Waals surface area contributed by atoms with Crippen molar-refractivity contribution in [2.75, 3.05) is 26.7 Å². The van der Waals surface area contributed by atoms with E-state index in [4.69, 9.17) is 4.74 Å². The van der Waals surface area contributed by atoms with Gasteiger partial charge in [0.15, 0.2) is 0 Å². The standard InChI is InChI=1S/C14H26N2O2/c1-3-8-16(9-11-4-5-11)10-13(14(17)18-2)15-12-6-7-12/h11-13,15H,3-10H2,1-2H3. The van der Waals surface area contributed by atoms with Gasteiger partial charge in [0.25, 0.3) is 0 Å².